The number of rotatable bonds is 7. The molecule has 2 N–H and O–H groups in total. The lowest BCUT2D eigenvalue weighted by Crippen LogP contribution is -2.51. The van der Waals surface area contributed by atoms with Gasteiger partial charge in [0.15, 0.2) is 5.96 Å². The van der Waals surface area contributed by atoms with Crippen molar-refractivity contribution in [2.45, 2.75) is 62.2 Å². The Morgan fingerprint density at radius 3 is 2.63 bits per heavy atom. The molecule has 3 rings (SSSR count). The summed E-state index contributed by atoms with van der Waals surface area (Å²) in [6.07, 6.45) is 6.21. The minimum atomic E-state index is -0.717. The van der Waals surface area contributed by atoms with Crippen LogP contribution < -0.4 is 15.4 Å². The molecule has 2 aliphatic rings. The second kappa shape index (κ2) is 11.1. The van der Waals surface area contributed by atoms with Crippen molar-refractivity contribution < 1.29 is 13.7 Å². The molecule has 1 saturated heterocycles. The van der Waals surface area contributed by atoms with Gasteiger partial charge in [-0.2, -0.15) is 0 Å². The van der Waals surface area contributed by atoms with Crippen LogP contribution in [0.15, 0.2) is 29.3 Å². The second-order valence-electron chi connectivity index (χ2n) is 8.35. The van der Waals surface area contributed by atoms with Crippen molar-refractivity contribution in [2.24, 2.45) is 4.99 Å². The van der Waals surface area contributed by atoms with Crippen LogP contribution >= 0.6 is 0 Å². The zero-order valence-corrected chi connectivity index (χ0v) is 19.4. The molecule has 1 aliphatic carbocycles. The molecule has 168 valence electrons. The molecule has 1 saturated carbocycles. The molecule has 7 heteroatoms. The maximum atomic E-state index is 12.3. The molecule has 6 nitrogen and oxygen atoms in total. The van der Waals surface area contributed by atoms with Crippen molar-refractivity contribution >= 4 is 16.8 Å². The Balaban J connectivity index is 1.64. The van der Waals surface area contributed by atoms with Crippen LogP contribution in [0.25, 0.3) is 0 Å². The first kappa shape index (κ1) is 23.1. The first-order valence-corrected chi connectivity index (χ1v) is 12.5. The van der Waals surface area contributed by atoms with Crippen LogP contribution in [0, 0.1) is 0 Å². The summed E-state index contributed by atoms with van der Waals surface area (Å²) in [4.78, 5) is 4.48. The summed E-state index contributed by atoms with van der Waals surface area (Å²) in [5.41, 5.74) is 1.33. The van der Waals surface area contributed by atoms with Gasteiger partial charge in [-0.3, -0.25) is 9.20 Å². The Kier molecular flexibility index (Phi) is 8.57. The lowest BCUT2D eigenvalue weighted by molar-refractivity contribution is 0.0513. The van der Waals surface area contributed by atoms with Crippen LogP contribution in [-0.2, 0) is 21.0 Å². The first-order chi connectivity index (χ1) is 14.6. The number of aliphatic imine (C=N–C) groups is 1. The lowest BCUT2D eigenvalue weighted by atomic mass is 9.74. The Morgan fingerprint density at radius 2 is 2.00 bits per heavy atom. The summed E-state index contributed by atoms with van der Waals surface area (Å²) in [6, 6.07) is 8.75. The Hall–Kier alpha value is -1.60. The predicted octanol–water partition coefficient (Wildman–Crippen LogP) is 2.99. The number of guanidine groups is 1. The minimum absolute atomic E-state index is 0.0148. The standard InChI is InChI=1S/C23H37N3O3S/c1-4-30(27)21-7-5-6-19(16-21)26-22(24-2)25-17-23(12-14-29-15-13-23)18-8-10-20(28-3)11-9-18/h8-11,19,21H,4-7,12-17H2,1-3H3,(H2,24,25,26). The van der Waals surface area contributed by atoms with Gasteiger partial charge in [-0.1, -0.05) is 25.5 Å². The normalized spacial score (nSPS) is 25.4. The third kappa shape index (κ3) is 5.76. The van der Waals surface area contributed by atoms with Gasteiger partial charge < -0.3 is 20.1 Å². The topological polar surface area (TPSA) is 72.0 Å². The monoisotopic (exact) mass is 435 g/mol. The van der Waals surface area contributed by atoms with E-state index in [4.69, 9.17) is 9.47 Å². The Morgan fingerprint density at radius 1 is 1.27 bits per heavy atom. The fourth-order valence-corrected chi connectivity index (χ4v) is 6.01. The van der Waals surface area contributed by atoms with E-state index in [1.54, 1.807) is 7.11 Å². The van der Waals surface area contributed by atoms with Gasteiger partial charge in [-0.25, -0.2) is 0 Å². The van der Waals surface area contributed by atoms with E-state index in [0.29, 0.717) is 11.3 Å². The zero-order chi connectivity index (χ0) is 21.4. The van der Waals surface area contributed by atoms with Gasteiger partial charge in [0, 0.05) is 60.1 Å². The van der Waals surface area contributed by atoms with Crippen LogP contribution in [0.5, 0.6) is 5.75 Å². The highest BCUT2D eigenvalue weighted by atomic mass is 32.2. The molecule has 0 spiro atoms. The van der Waals surface area contributed by atoms with Crippen molar-refractivity contribution in [1.29, 1.82) is 0 Å². The summed E-state index contributed by atoms with van der Waals surface area (Å²) in [5, 5.41) is 7.49. The molecular formula is C23H37N3O3S. The Bertz CT molecular complexity index is 717. The van der Waals surface area contributed by atoms with E-state index >= 15 is 0 Å². The predicted molar refractivity (Wildman–Crippen MR) is 124 cm³/mol. The van der Waals surface area contributed by atoms with Crippen molar-refractivity contribution in [3.63, 3.8) is 0 Å². The number of nitrogens with zero attached hydrogens (tertiary/aromatic N) is 1. The minimum Gasteiger partial charge on any atom is -0.497 e. The lowest BCUT2D eigenvalue weighted by Gasteiger charge is -2.39. The third-order valence-electron chi connectivity index (χ3n) is 6.59. The fraction of sp³-hybridized carbons (Fsp3) is 0.696. The van der Waals surface area contributed by atoms with Gasteiger partial charge in [0.1, 0.15) is 5.75 Å². The highest BCUT2D eigenvalue weighted by molar-refractivity contribution is 7.85. The summed E-state index contributed by atoms with van der Waals surface area (Å²) in [5.74, 6) is 2.46. The van der Waals surface area contributed by atoms with Gasteiger partial charge in [-0.05, 0) is 49.8 Å². The molecule has 1 aliphatic heterocycles. The molecule has 1 heterocycles. The second-order valence-corrected chi connectivity index (χ2v) is 10.4. The number of ether oxygens (including phenoxy) is 2. The molecule has 1 aromatic rings. The van der Waals surface area contributed by atoms with Crippen LogP contribution in [0.2, 0.25) is 0 Å². The number of hydrogen-bond donors (Lipinski definition) is 2. The average molecular weight is 436 g/mol. The van der Waals surface area contributed by atoms with Gasteiger partial charge in [-0.15, -0.1) is 0 Å². The highest BCUT2D eigenvalue weighted by Gasteiger charge is 2.35. The summed E-state index contributed by atoms with van der Waals surface area (Å²) in [6.45, 7) is 4.36. The SMILES string of the molecule is CCS(=O)C1CCCC(NC(=NC)NCC2(c3ccc(OC)cc3)CCOCC2)C1. The molecule has 0 radical (unpaired) electrons. The number of methoxy groups -OCH3 is 1. The van der Waals surface area contributed by atoms with Crippen LogP contribution in [-0.4, -0.2) is 61.1 Å². The molecule has 0 amide bonds. The van der Waals surface area contributed by atoms with Gasteiger partial charge in [0.2, 0.25) is 0 Å². The molecule has 3 atom stereocenters. The molecule has 2 fully saturated rings. The maximum Gasteiger partial charge on any atom is 0.191 e. The molecule has 30 heavy (non-hydrogen) atoms. The largest absolute Gasteiger partial charge is 0.497 e. The number of hydrogen-bond acceptors (Lipinski definition) is 4. The number of nitrogens with one attached hydrogen (secondary N) is 2. The Labute approximate surface area is 183 Å². The van der Waals surface area contributed by atoms with Crippen molar-refractivity contribution in [1.82, 2.24) is 10.6 Å². The summed E-state index contributed by atoms with van der Waals surface area (Å²) < 4.78 is 23.3. The third-order valence-corrected chi connectivity index (χ3v) is 8.33. The highest BCUT2D eigenvalue weighted by Crippen LogP contribution is 2.35. The maximum absolute atomic E-state index is 12.3. The van der Waals surface area contributed by atoms with Crippen LogP contribution in [0.3, 0.4) is 0 Å². The fourth-order valence-electron chi connectivity index (χ4n) is 4.67. The zero-order valence-electron chi connectivity index (χ0n) is 18.6. The van der Waals surface area contributed by atoms with E-state index in [1.807, 2.05) is 26.1 Å². The first-order valence-electron chi connectivity index (χ1n) is 11.2. The molecule has 0 bridgehead atoms. The summed E-state index contributed by atoms with van der Waals surface area (Å²) >= 11 is 0. The molecular weight excluding hydrogens is 398 g/mol. The van der Waals surface area contributed by atoms with E-state index in [0.717, 1.165) is 75.7 Å². The molecule has 0 aromatic heterocycles. The smallest absolute Gasteiger partial charge is 0.191 e. The van der Waals surface area contributed by atoms with Gasteiger partial charge in [0.25, 0.3) is 0 Å². The molecule has 1 aromatic carbocycles. The van der Waals surface area contributed by atoms with E-state index in [9.17, 15) is 4.21 Å². The average Bonchev–Trinajstić information content (AvgIpc) is 2.82. The van der Waals surface area contributed by atoms with Gasteiger partial charge in [0.05, 0.1) is 7.11 Å². The number of benzene rings is 1. The van der Waals surface area contributed by atoms with E-state index in [-0.39, 0.29) is 5.41 Å². The van der Waals surface area contributed by atoms with Crippen molar-refractivity contribution in [3.8, 4) is 5.75 Å². The van der Waals surface area contributed by atoms with E-state index in [1.165, 1.54) is 5.56 Å². The van der Waals surface area contributed by atoms with E-state index < -0.39 is 10.8 Å². The van der Waals surface area contributed by atoms with Crippen LogP contribution in [0.1, 0.15) is 51.0 Å². The van der Waals surface area contributed by atoms with Crippen molar-refractivity contribution in [2.75, 3.05) is 39.7 Å². The summed E-state index contributed by atoms with van der Waals surface area (Å²) in [7, 11) is 2.80. The molecule has 3 unspecified atom stereocenters. The van der Waals surface area contributed by atoms with Gasteiger partial charge >= 0.3 is 0 Å². The quantitative estimate of drug-likeness (QED) is 0.509. The van der Waals surface area contributed by atoms with Crippen LogP contribution in [0.4, 0.5) is 0 Å². The van der Waals surface area contributed by atoms with E-state index in [2.05, 4.69) is 27.8 Å². The van der Waals surface area contributed by atoms with Crippen molar-refractivity contribution in [3.05, 3.63) is 29.8 Å².